The number of likely N-dealkylation sites (tertiary alicyclic amines) is 1. The van der Waals surface area contributed by atoms with Gasteiger partial charge in [-0.15, -0.1) is 11.3 Å². The van der Waals surface area contributed by atoms with E-state index < -0.39 is 0 Å². The molecule has 6 heteroatoms. The zero-order valence-electron chi connectivity index (χ0n) is 12.9. The lowest BCUT2D eigenvalue weighted by atomic mass is 10.1. The molecule has 2 aromatic rings. The van der Waals surface area contributed by atoms with E-state index in [9.17, 15) is 4.79 Å². The number of hydrogen-bond acceptors (Lipinski definition) is 5. The monoisotopic (exact) mass is 329 g/mol. The number of hydrazone groups is 1. The average molecular weight is 329 g/mol. The molecule has 0 unspecified atom stereocenters. The van der Waals surface area contributed by atoms with E-state index in [2.05, 4.69) is 16.1 Å². The molecule has 120 valence electrons. The summed E-state index contributed by atoms with van der Waals surface area (Å²) in [4.78, 5) is 16.1. The quantitative estimate of drug-likeness (QED) is 0.866. The highest BCUT2D eigenvalue weighted by atomic mass is 32.1. The third-order valence-corrected chi connectivity index (χ3v) is 5.32. The third-order valence-electron chi connectivity index (χ3n) is 4.40. The molecule has 0 bridgehead atoms. The van der Waals surface area contributed by atoms with Crippen LogP contribution in [0.2, 0.25) is 0 Å². The van der Waals surface area contributed by atoms with Crippen LogP contribution in [0.15, 0.2) is 45.4 Å². The van der Waals surface area contributed by atoms with Crippen molar-refractivity contribution in [2.75, 3.05) is 19.6 Å². The molecule has 0 aromatic carbocycles. The molecule has 2 aromatic heterocycles. The van der Waals surface area contributed by atoms with Gasteiger partial charge in [0.1, 0.15) is 11.8 Å². The lowest BCUT2D eigenvalue weighted by Crippen LogP contribution is -2.36. The molecule has 5 nitrogen and oxygen atoms in total. The van der Waals surface area contributed by atoms with Crippen LogP contribution in [0.4, 0.5) is 0 Å². The normalized spacial score (nSPS) is 21.8. The highest BCUT2D eigenvalue weighted by molar-refractivity contribution is 7.12. The number of carbonyl (C=O) groups is 1. The molecule has 0 N–H and O–H groups in total. The minimum atomic E-state index is -0.128. The van der Waals surface area contributed by atoms with Gasteiger partial charge in [-0.2, -0.15) is 5.10 Å². The fourth-order valence-corrected chi connectivity index (χ4v) is 3.96. The number of furan rings is 1. The molecule has 0 aliphatic carbocycles. The molecule has 4 heterocycles. The van der Waals surface area contributed by atoms with Crippen LogP contribution in [-0.2, 0) is 4.79 Å². The molecular weight excluding hydrogens is 310 g/mol. The van der Waals surface area contributed by atoms with Gasteiger partial charge < -0.3 is 4.42 Å². The molecular formula is C17H19N3O2S. The van der Waals surface area contributed by atoms with E-state index in [-0.39, 0.29) is 11.9 Å². The van der Waals surface area contributed by atoms with Crippen LogP contribution >= 0.6 is 11.3 Å². The molecule has 0 spiro atoms. The van der Waals surface area contributed by atoms with Gasteiger partial charge in [0.25, 0.3) is 5.91 Å². The van der Waals surface area contributed by atoms with Crippen molar-refractivity contribution < 1.29 is 9.21 Å². The zero-order chi connectivity index (χ0) is 15.6. The maximum atomic E-state index is 12.8. The lowest BCUT2D eigenvalue weighted by Gasteiger charge is -2.22. The van der Waals surface area contributed by atoms with Crippen LogP contribution in [0, 0.1) is 0 Å². The van der Waals surface area contributed by atoms with Gasteiger partial charge in [0.2, 0.25) is 0 Å². The Morgan fingerprint density at radius 3 is 2.87 bits per heavy atom. The minimum Gasteiger partial charge on any atom is -0.467 e. The summed E-state index contributed by atoms with van der Waals surface area (Å²) in [5.74, 6) is 0.856. The molecule has 0 radical (unpaired) electrons. The predicted octanol–water partition coefficient (Wildman–Crippen LogP) is 3.11. The molecule has 4 rings (SSSR count). The molecule has 2 aliphatic rings. The standard InChI is InChI=1S/C17H19N3O2S/c21-17(12-19-7-1-2-8-19)20-14(15-5-3-9-22-15)11-13(18-20)16-6-4-10-23-16/h3-6,9-10,14H,1-2,7-8,11-12H2/t14-/m0/s1. The maximum Gasteiger partial charge on any atom is 0.257 e. The van der Waals surface area contributed by atoms with Gasteiger partial charge in [0.15, 0.2) is 0 Å². The smallest absolute Gasteiger partial charge is 0.257 e. The first-order valence-electron chi connectivity index (χ1n) is 8.00. The largest absolute Gasteiger partial charge is 0.467 e. The van der Waals surface area contributed by atoms with Gasteiger partial charge in [-0.3, -0.25) is 9.69 Å². The molecule has 2 aliphatic heterocycles. The van der Waals surface area contributed by atoms with Crippen molar-refractivity contribution in [1.29, 1.82) is 0 Å². The number of amides is 1. The Balaban J connectivity index is 1.57. The van der Waals surface area contributed by atoms with Crippen LogP contribution in [-0.4, -0.2) is 41.2 Å². The minimum absolute atomic E-state index is 0.0554. The highest BCUT2D eigenvalue weighted by Crippen LogP contribution is 2.34. The Hall–Kier alpha value is -1.92. The highest BCUT2D eigenvalue weighted by Gasteiger charge is 2.35. The summed E-state index contributed by atoms with van der Waals surface area (Å²) in [7, 11) is 0. The zero-order valence-corrected chi connectivity index (χ0v) is 13.7. The second kappa shape index (κ2) is 6.29. The van der Waals surface area contributed by atoms with Crippen LogP contribution in [0.5, 0.6) is 0 Å². The van der Waals surface area contributed by atoms with Gasteiger partial charge in [-0.1, -0.05) is 6.07 Å². The fraction of sp³-hybridized carbons (Fsp3) is 0.412. The van der Waals surface area contributed by atoms with Gasteiger partial charge in [0, 0.05) is 6.42 Å². The van der Waals surface area contributed by atoms with Gasteiger partial charge >= 0.3 is 0 Å². The molecule has 1 atom stereocenters. The Kier molecular flexibility index (Phi) is 4.01. The number of hydrogen-bond donors (Lipinski definition) is 0. The molecule has 1 amide bonds. The summed E-state index contributed by atoms with van der Waals surface area (Å²) in [6.45, 7) is 2.46. The molecule has 1 fully saturated rings. The average Bonchev–Trinajstić information content (AvgIpc) is 3.30. The van der Waals surface area contributed by atoms with Gasteiger partial charge in [-0.25, -0.2) is 5.01 Å². The summed E-state index contributed by atoms with van der Waals surface area (Å²) >= 11 is 1.66. The number of nitrogens with zero attached hydrogens (tertiary/aromatic N) is 3. The predicted molar refractivity (Wildman–Crippen MR) is 89.4 cm³/mol. The van der Waals surface area contributed by atoms with Crippen molar-refractivity contribution >= 4 is 23.0 Å². The van der Waals surface area contributed by atoms with E-state index in [1.165, 1.54) is 12.8 Å². The summed E-state index contributed by atoms with van der Waals surface area (Å²) < 4.78 is 5.56. The van der Waals surface area contributed by atoms with E-state index in [0.717, 1.165) is 29.4 Å². The van der Waals surface area contributed by atoms with E-state index in [1.54, 1.807) is 22.6 Å². The SMILES string of the molecule is O=C(CN1CCCC1)N1N=C(c2cccs2)C[C@H]1c1ccco1. The Labute approximate surface area is 139 Å². The Morgan fingerprint density at radius 1 is 1.30 bits per heavy atom. The summed E-state index contributed by atoms with van der Waals surface area (Å²) in [6, 6.07) is 7.73. The van der Waals surface area contributed by atoms with E-state index >= 15 is 0 Å². The van der Waals surface area contributed by atoms with E-state index in [0.29, 0.717) is 13.0 Å². The summed E-state index contributed by atoms with van der Waals surface area (Å²) in [5, 5.41) is 8.30. The summed E-state index contributed by atoms with van der Waals surface area (Å²) in [6.07, 6.45) is 4.72. The first-order chi connectivity index (χ1) is 11.3. The summed E-state index contributed by atoms with van der Waals surface area (Å²) in [5.41, 5.74) is 0.969. The van der Waals surface area contributed by atoms with Crippen LogP contribution in [0.1, 0.15) is 35.9 Å². The van der Waals surface area contributed by atoms with E-state index in [1.807, 2.05) is 23.6 Å². The Morgan fingerprint density at radius 2 is 2.17 bits per heavy atom. The van der Waals surface area contributed by atoms with Crippen molar-refractivity contribution in [2.45, 2.75) is 25.3 Å². The second-order valence-corrected chi connectivity index (χ2v) is 6.93. The van der Waals surface area contributed by atoms with Crippen molar-refractivity contribution in [2.24, 2.45) is 5.10 Å². The van der Waals surface area contributed by atoms with Crippen molar-refractivity contribution in [3.8, 4) is 0 Å². The second-order valence-electron chi connectivity index (χ2n) is 5.98. The molecule has 0 saturated carbocycles. The van der Waals surface area contributed by atoms with Crippen LogP contribution in [0.25, 0.3) is 0 Å². The van der Waals surface area contributed by atoms with Crippen molar-refractivity contribution in [3.05, 3.63) is 46.5 Å². The molecule has 1 saturated heterocycles. The number of carbonyl (C=O) groups excluding carboxylic acids is 1. The van der Waals surface area contributed by atoms with Crippen LogP contribution in [0.3, 0.4) is 0 Å². The van der Waals surface area contributed by atoms with Crippen LogP contribution < -0.4 is 0 Å². The third kappa shape index (κ3) is 2.96. The topological polar surface area (TPSA) is 49.1 Å². The maximum absolute atomic E-state index is 12.8. The van der Waals surface area contributed by atoms with Crippen molar-refractivity contribution in [1.82, 2.24) is 9.91 Å². The van der Waals surface area contributed by atoms with Crippen molar-refractivity contribution in [3.63, 3.8) is 0 Å². The fourth-order valence-electron chi connectivity index (χ4n) is 3.24. The molecule has 23 heavy (non-hydrogen) atoms. The first-order valence-corrected chi connectivity index (χ1v) is 8.88. The first kappa shape index (κ1) is 14.7. The van der Waals surface area contributed by atoms with Gasteiger partial charge in [-0.05, 0) is 49.5 Å². The Bertz CT molecular complexity index is 688. The van der Waals surface area contributed by atoms with Gasteiger partial charge in [0.05, 0.1) is 23.4 Å². The number of rotatable bonds is 4. The van der Waals surface area contributed by atoms with E-state index in [4.69, 9.17) is 4.42 Å². The lowest BCUT2D eigenvalue weighted by molar-refractivity contribution is -0.134. The number of thiophene rings is 1.